The lowest BCUT2D eigenvalue weighted by atomic mass is 9.90. The van der Waals surface area contributed by atoms with Gasteiger partial charge in [0, 0.05) is 19.0 Å². The zero-order chi connectivity index (χ0) is 13.2. The number of hydrogen-bond acceptors (Lipinski definition) is 3. The molecule has 0 aliphatic heterocycles. The van der Waals surface area contributed by atoms with Crippen LogP contribution in [0.25, 0.3) is 11.4 Å². The third-order valence-corrected chi connectivity index (χ3v) is 3.78. The molecule has 0 fully saturated rings. The molecule has 1 aromatic heterocycles. The molecule has 3 rings (SSSR count). The predicted molar refractivity (Wildman–Crippen MR) is 75.8 cm³/mol. The Morgan fingerprint density at radius 3 is 2.79 bits per heavy atom. The van der Waals surface area contributed by atoms with Gasteiger partial charge in [0.25, 0.3) is 0 Å². The molecule has 0 spiro atoms. The van der Waals surface area contributed by atoms with Gasteiger partial charge in [-0.25, -0.2) is 9.67 Å². The highest BCUT2D eigenvalue weighted by molar-refractivity contribution is 5.58. The molecule has 1 aliphatic rings. The van der Waals surface area contributed by atoms with Crippen molar-refractivity contribution in [3.8, 4) is 11.4 Å². The normalized spacial score (nSPS) is 14.4. The van der Waals surface area contributed by atoms with Crippen LogP contribution in [0.4, 0.5) is 0 Å². The Morgan fingerprint density at radius 2 is 2.00 bits per heavy atom. The molecule has 0 saturated carbocycles. The van der Waals surface area contributed by atoms with Crippen LogP contribution in [0.2, 0.25) is 0 Å². The van der Waals surface area contributed by atoms with Crippen molar-refractivity contribution in [2.75, 3.05) is 6.54 Å². The zero-order valence-electron chi connectivity index (χ0n) is 11.4. The third kappa shape index (κ3) is 2.40. The smallest absolute Gasteiger partial charge is 0.158 e. The van der Waals surface area contributed by atoms with E-state index in [1.807, 2.05) is 11.7 Å². The Bertz CT molecular complexity index is 586. The predicted octanol–water partition coefficient (Wildman–Crippen LogP) is 1.86. The quantitative estimate of drug-likeness (QED) is 0.912. The van der Waals surface area contributed by atoms with Crippen LogP contribution in [0, 0.1) is 0 Å². The zero-order valence-corrected chi connectivity index (χ0v) is 11.4. The third-order valence-electron chi connectivity index (χ3n) is 3.78. The van der Waals surface area contributed by atoms with Gasteiger partial charge in [0.1, 0.15) is 0 Å². The molecule has 0 saturated heterocycles. The van der Waals surface area contributed by atoms with E-state index in [4.69, 9.17) is 5.73 Å². The lowest BCUT2D eigenvalue weighted by Crippen LogP contribution is -2.04. The highest BCUT2D eigenvalue weighted by Gasteiger charge is 2.13. The van der Waals surface area contributed by atoms with Crippen molar-refractivity contribution in [1.82, 2.24) is 14.8 Å². The van der Waals surface area contributed by atoms with Crippen molar-refractivity contribution in [1.29, 1.82) is 0 Å². The first-order valence-electron chi connectivity index (χ1n) is 7.00. The van der Waals surface area contributed by atoms with Crippen LogP contribution in [-0.2, 0) is 26.3 Å². The first-order valence-corrected chi connectivity index (χ1v) is 7.00. The average Bonchev–Trinajstić information content (AvgIpc) is 2.79. The van der Waals surface area contributed by atoms with Gasteiger partial charge in [-0.05, 0) is 49.4 Å². The molecule has 4 heteroatoms. The van der Waals surface area contributed by atoms with E-state index in [-0.39, 0.29) is 0 Å². The first kappa shape index (κ1) is 12.4. The molecule has 0 bridgehead atoms. The van der Waals surface area contributed by atoms with Crippen LogP contribution in [0.3, 0.4) is 0 Å². The Labute approximate surface area is 113 Å². The molecule has 100 valence electrons. The Kier molecular flexibility index (Phi) is 3.34. The number of hydrogen-bond donors (Lipinski definition) is 1. The van der Waals surface area contributed by atoms with Crippen molar-refractivity contribution >= 4 is 0 Å². The summed E-state index contributed by atoms with van der Waals surface area (Å²) in [6.07, 6.45) is 5.76. The summed E-state index contributed by atoms with van der Waals surface area (Å²) in [5, 5.41) is 4.41. The van der Waals surface area contributed by atoms with Crippen LogP contribution < -0.4 is 5.73 Å². The van der Waals surface area contributed by atoms with Crippen LogP contribution >= 0.6 is 0 Å². The summed E-state index contributed by atoms with van der Waals surface area (Å²) in [4.78, 5) is 4.59. The van der Waals surface area contributed by atoms with Gasteiger partial charge in [-0.1, -0.05) is 12.1 Å². The van der Waals surface area contributed by atoms with Gasteiger partial charge >= 0.3 is 0 Å². The molecule has 0 radical (unpaired) electrons. The maximum Gasteiger partial charge on any atom is 0.158 e. The summed E-state index contributed by atoms with van der Waals surface area (Å²) in [6.45, 7) is 0.591. The van der Waals surface area contributed by atoms with Crippen molar-refractivity contribution < 1.29 is 0 Å². The molecule has 0 amide bonds. The molecule has 1 aliphatic carbocycles. The Morgan fingerprint density at radius 1 is 1.21 bits per heavy atom. The molecule has 2 aromatic rings. The Balaban J connectivity index is 1.97. The highest BCUT2D eigenvalue weighted by Crippen LogP contribution is 2.26. The van der Waals surface area contributed by atoms with E-state index in [9.17, 15) is 0 Å². The number of rotatable bonds is 3. The summed E-state index contributed by atoms with van der Waals surface area (Å²) < 4.78 is 1.86. The molecule has 2 N–H and O–H groups in total. The van der Waals surface area contributed by atoms with E-state index >= 15 is 0 Å². The number of fused-ring (bicyclic) bond motifs is 1. The summed E-state index contributed by atoms with van der Waals surface area (Å²) >= 11 is 0. The molecule has 0 unspecified atom stereocenters. The number of aryl methyl sites for hydroxylation is 3. The van der Waals surface area contributed by atoms with Gasteiger partial charge < -0.3 is 5.73 Å². The van der Waals surface area contributed by atoms with Crippen molar-refractivity contribution in [3.05, 3.63) is 35.2 Å². The fraction of sp³-hybridized carbons (Fsp3) is 0.467. The number of aromatic nitrogens is 3. The maximum atomic E-state index is 5.56. The molecular weight excluding hydrogens is 236 g/mol. The van der Waals surface area contributed by atoms with Crippen LogP contribution in [0.15, 0.2) is 18.2 Å². The first-order chi connectivity index (χ1) is 9.28. The van der Waals surface area contributed by atoms with Gasteiger partial charge in [-0.2, -0.15) is 5.10 Å². The van der Waals surface area contributed by atoms with Gasteiger partial charge in [0.05, 0.1) is 0 Å². The molecule has 1 aromatic carbocycles. The molecular formula is C15H20N4. The van der Waals surface area contributed by atoms with Crippen molar-refractivity contribution in [2.24, 2.45) is 12.8 Å². The maximum absolute atomic E-state index is 5.56. The summed E-state index contributed by atoms with van der Waals surface area (Å²) in [5.74, 6) is 1.77. The van der Waals surface area contributed by atoms with Crippen LogP contribution in [-0.4, -0.2) is 21.3 Å². The average molecular weight is 256 g/mol. The van der Waals surface area contributed by atoms with Gasteiger partial charge in [0.2, 0.25) is 0 Å². The fourth-order valence-electron chi connectivity index (χ4n) is 2.80. The van der Waals surface area contributed by atoms with E-state index in [2.05, 4.69) is 28.3 Å². The Hall–Kier alpha value is -1.68. The summed E-state index contributed by atoms with van der Waals surface area (Å²) in [6, 6.07) is 6.70. The van der Waals surface area contributed by atoms with Crippen molar-refractivity contribution in [3.63, 3.8) is 0 Å². The van der Waals surface area contributed by atoms with Gasteiger partial charge in [-0.3, -0.25) is 0 Å². The molecule has 19 heavy (non-hydrogen) atoms. The van der Waals surface area contributed by atoms with Crippen LogP contribution in [0.5, 0.6) is 0 Å². The topological polar surface area (TPSA) is 56.7 Å². The largest absolute Gasteiger partial charge is 0.330 e. The fourth-order valence-corrected chi connectivity index (χ4v) is 2.80. The summed E-state index contributed by atoms with van der Waals surface area (Å²) in [5.41, 5.74) is 9.70. The van der Waals surface area contributed by atoms with Gasteiger partial charge in [0.15, 0.2) is 11.6 Å². The molecule has 1 heterocycles. The van der Waals surface area contributed by atoms with E-state index in [0.29, 0.717) is 6.54 Å². The molecule has 0 atom stereocenters. The minimum atomic E-state index is 0.591. The number of benzene rings is 1. The van der Waals surface area contributed by atoms with Crippen molar-refractivity contribution in [2.45, 2.75) is 32.1 Å². The SMILES string of the molecule is Cn1nc(CCN)nc1-c1ccc2c(c1)CCCC2. The second kappa shape index (κ2) is 5.13. The molecule has 4 nitrogen and oxygen atoms in total. The van der Waals surface area contributed by atoms with E-state index < -0.39 is 0 Å². The van der Waals surface area contributed by atoms with E-state index in [0.717, 1.165) is 18.1 Å². The second-order valence-corrected chi connectivity index (χ2v) is 5.20. The lowest BCUT2D eigenvalue weighted by Gasteiger charge is -2.16. The minimum absolute atomic E-state index is 0.591. The number of nitrogens with two attached hydrogens (primary N) is 1. The van der Waals surface area contributed by atoms with Gasteiger partial charge in [-0.15, -0.1) is 0 Å². The van der Waals surface area contributed by atoms with E-state index in [1.54, 1.807) is 0 Å². The second-order valence-electron chi connectivity index (χ2n) is 5.20. The lowest BCUT2D eigenvalue weighted by molar-refractivity contribution is 0.685. The number of nitrogens with zero attached hydrogens (tertiary/aromatic N) is 3. The minimum Gasteiger partial charge on any atom is -0.330 e. The monoisotopic (exact) mass is 256 g/mol. The van der Waals surface area contributed by atoms with Crippen LogP contribution in [0.1, 0.15) is 29.8 Å². The summed E-state index contributed by atoms with van der Waals surface area (Å²) in [7, 11) is 1.95. The van der Waals surface area contributed by atoms with E-state index in [1.165, 1.54) is 42.4 Å². The highest BCUT2D eigenvalue weighted by atomic mass is 15.3. The standard InChI is InChI=1S/C15H20N4/c1-19-15(17-14(18-19)8-9-16)13-7-6-11-4-2-3-5-12(11)10-13/h6-7,10H,2-5,8-9,16H2,1H3.